The fourth-order valence-corrected chi connectivity index (χ4v) is 1.27. The molecule has 0 aliphatic carbocycles. The van der Waals surface area contributed by atoms with Gasteiger partial charge in [0.1, 0.15) is 0 Å². The van der Waals surface area contributed by atoms with Crippen LogP contribution in [0.15, 0.2) is 29.2 Å². The molecule has 1 aromatic carbocycles. The van der Waals surface area contributed by atoms with Crippen LogP contribution >= 0.6 is 11.8 Å². The topological polar surface area (TPSA) is 37.3 Å². The van der Waals surface area contributed by atoms with E-state index in [9.17, 15) is 4.79 Å². The van der Waals surface area contributed by atoms with Crippen LogP contribution in [0.2, 0.25) is 0 Å². The Morgan fingerprint density at radius 1 is 1.36 bits per heavy atom. The van der Waals surface area contributed by atoms with Crippen LogP contribution in [0, 0.1) is 0 Å². The summed E-state index contributed by atoms with van der Waals surface area (Å²) in [4.78, 5) is 11.8. The number of carboxylic acids is 1. The lowest BCUT2D eigenvalue weighted by Gasteiger charge is -1.98. The van der Waals surface area contributed by atoms with E-state index in [1.807, 2.05) is 31.4 Å². The van der Waals surface area contributed by atoms with Crippen molar-refractivity contribution in [2.75, 3.05) is 6.26 Å². The molecule has 0 unspecified atom stereocenters. The molecule has 0 spiro atoms. The number of rotatable bonds is 3. The van der Waals surface area contributed by atoms with E-state index in [4.69, 9.17) is 5.11 Å². The molecule has 1 aromatic rings. The summed E-state index contributed by atoms with van der Waals surface area (Å²) in [5.41, 5.74) is 1.35. The van der Waals surface area contributed by atoms with Crippen molar-refractivity contribution in [1.82, 2.24) is 0 Å². The average molecular weight is 208 g/mol. The molecule has 1 N–H and O–H groups in total. The summed E-state index contributed by atoms with van der Waals surface area (Å²) in [6.07, 6.45) is 4.04. The van der Waals surface area contributed by atoms with E-state index in [-0.39, 0.29) is 0 Å². The first kappa shape index (κ1) is 10.9. The van der Waals surface area contributed by atoms with Crippen molar-refractivity contribution in [1.29, 1.82) is 0 Å². The van der Waals surface area contributed by atoms with Crippen LogP contribution in [0.1, 0.15) is 22.8 Å². The molecule has 74 valence electrons. The van der Waals surface area contributed by atoms with Crippen molar-refractivity contribution in [3.05, 3.63) is 40.3 Å². The normalized spacial score (nSPS) is 11.4. The number of allylic oxidation sites excluding steroid dienone is 1. The molecule has 0 fully saturated rings. The molecule has 0 heterocycles. The van der Waals surface area contributed by atoms with Crippen LogP contribution < -0.4 is 0 Å². The van der Waals surface area contributed by atoms with E-state index in [0.29, 0.717) is 5.56 Å². The Kier molecular flexibility index (Phi) is 3.77. The van der Waals surface area contributed by atoms with Crippen LogP contribution in [0.3, 0.4) is 0 Å². The number of carbonyl (C=O) groups is 1. The summed E-state index contributed by atoms with van der Waals surface area (Å²) in [5, 5.41) is 8.68. The summed E-state index contributed by atoms with van der Waals surface area (Å²) >= 11 is 1.67. The van der Waals surface area contributed by atoms with E-state index >= 15 is 0 Å². The van der Waals surface area contributed by atoms with Crippen LogP contribution in [0.25, 0.3) is 6.08 Å². The summed E-state index contributed by atoms with van der Waals surface area (Å²) in [5.74, 6) is -0.887. The average Bonchev–Trinajstić information content (AvgIpc) is 2.18. The molecular formula is C11H12O2S. The fourth-order valence-electron chi connectivity index (χ4n) is 1.02. The maximum atomic E-state index is 10.6. The molecule has 0 radical (unpaired) electrons. The monoisotopic (exact) mass is 208 g/mol. The molecule has 2 nitrogen and oxygen atoms in total. The molecule has 0 saturated carbocycles. The van der Waals surface area contributed by atoms with Gasteiger partial charge in [-0.25, -0.2) is 4.79 Å². The summed E-state index contributed by atoms with van der Waals surface area (Å²) in [6, 6.07) is 6.84. The number of benzene rings is 1. The lowest BCUT2D eigenvalue weighted by Crippen LogP contribution is -1.94. The molecule has 0 aromatic heterocycles. The van der Waals surface area contributed by atoms with Gasteiger partial charge >= 0.3 is 5.97 Å². The quantitative estimate of drug-likeness (QED) is 0.829. The van der Waals surface area contributed by atoms with Crippen LogP contribution in [0.4, 0.5) is 0 Å². The first-order chi connectivity index (χ1) is 6.63. The molecule has 3 heteroatoms. The molecule has 0 aliphatic heterocycles. The predicted octanol–water partition coefficient (Wildman–Crippen LogP) is 3.11. The third kappa shape index (κ3) is 2.92. The Balaban J connectivity index is 2.89. The predicted molar refractivity (Wildman–Crippen MR) is 60.6 cm³/mol. The Morgan fingerprint density at radius 2 is 1.93 bits per heavy atom. The molecular weight excluding hydrogens is 196 g/mol. The lowest BCUT2D eigenvalue weighted by atomic mass is 10.1. The second-order valence-electron chi connectivity index (χ2n) is 2.89. The first-order valence-electron chi connectivity index (χ1n) is 4.19. The standard InChI is InChI=1S/C11H12O2S/c1-8(14-2)7-9-3-5-10(6-4-9)11(12)13/h3-7H,1-2H3,(H,12,13). The molecule has 0 saturated heterocycles. The second kappa shape index (κ2) is 4.86. The van der Waals surface area contributed by atoms with E-state index in [2.05, 4.69) is 0 Å². The van der Waals surface area contributed by atoms with Gasteiger partial charge in [-0.3, -0.25) is 0 Å². The number of aromatic carboxylic acids is 1. The van der Waals surface area contributed by atoms with Gasteiger partial charge in [0.25, 0.3) is 0 Å². The molecule has 0 bridgehead atoms. The smallest absolute Gasteiger partial charge is 0.335 e. The maximum absolute atomic E-state index is 10.6. The van der Waals surface area contributed by atoms with Crippen LogP contribution in [-0.4, -0.2) is 17.3 Å². The minimum Gasteiger partial charge on any atom is -0.478 e. The maximum Gasteiger partial charge on any atom is 0.335 e. The Bertz CT molecular complexity index is 352. The van der Waals surface area contributed by atoms with Crippen molar-refractivity contribution >= 4 is 23.8 Å². The number of carboxylic acid groups (broad SMARTS) is 1. The van der Waals surface area contributed by atoms with Crippen molar-refractivity contribution in [2.24, 2.45) is 0 Å². The second-order valence-corrected chi connectivity index (χ2v) is 3.94. The number of hydrogen-bond acceptors (Lipinski definition) is 2. The van der Waals surface area contributed by atoms with Crippen molar-refractivity contribution in [3.63, 3.8) is 0 Å². The van der Waals surface area contributed by atoms with E-state index < -0.39 is 5.97 Å². The van der Waals surface area contributed by atoms with Crippen molar-refractivity contribution in [3.8, 4) is 0 Å². The summed E-state index contributed by atoms with van der Waals surface area (Å²) in [7, 11) is 0. The highest BCUT2D eigenvalue weighted by molar-refractivity contribution is 8.02. The zero-order valence-electron chi connectivity index (χ0n) is 8.15. The lowest BCUT2D eigenvalue weighted by molar-refractivity contribution is 0.0697. The molecule has 0 amide bonds. The minimum absolute atomic E-state index is 0.323. The number of hydrogen-bond donors (Lipinski definition) is 1. The van der Waals surface area contributed by atoms with Gasteiger partial charge < -0.3 is 5.11 Å². The zero-order chi connectivity index (χ0) is 10.6. The van der Waals surface area contributed by atoms with Gasteiger partial charge in [0.05, 0.1) is 5.56 Å². The summed E-state index contributed by atoms with van der Waals surface area (Å²) < 4.78 is 0. The van der Waals surface area contributed by atoms with Gasteiger partial charge in [-0.1, -0.05) is 12.1 Å². The van der Waals surface area contributed by atoms with E-state index in [1.165, 1.54) is 4.91 Å². The third-order valence-corrected chi connectivity index (χ3v) is 2.61. The highest BCUT2D eigenvalue weighted by atomic mass is 32.2. The third-order valence-electron chi connectivity index (χ3n) is 1.85. The van der Waals surface area contributed by atoms with Crippen molar-refractivity contribution in [2.45, 2.75) is 6.92 Å². The Morgan fingerprint density at radius 3 is 2.36 bits per heavy atom. The van der Waals surface area contributed by atoms with Crippen LogP contribution in [-0.2, 0) is 0 Å². The van der Waals surface area contributed by atoms with Crippen LogP contribution in [0.5, 0.6) is 0 Å². The molecule has 0 atom stereocenters. The highest BCUT2D eigenvalue weighted by Gasteiger charge is 2.00. The van der Waals surface area contributed by atoms with Gasteiger partial charge in [-0.05, 0) is 41.9 Å². The van der Waals surface area contributed by atoms with Crippen molar-refractivity contribution < 1.29 is 9.90 Å². The van der Waals surface area contributed by atoms with E-state index in [0.717, 1.165) is 5.56 Å². The largest absolute Gasteiger partial charge is 0.478 e. The molecule has 1 rings (SSSR count). The SMILES string of the molecule is CSC(C)=Cc1ccc(C(=O)O)cc1. The molecule has 0 aliphatic rings. The Labute approximate surface area is 87.6 Å². The fraction of sp³-hybridized carbons (Fsp3) is 0.182. The van der Waals surface area contributed by atoms with Gasteiger partial charge in [-0.15, -0.1) is 11.8 Å². The van der Waals surface area contributed by atoms with Gasteiger partial charge in [0.2, 0.25) is 0 Å². The van der Waals surface area contributed by atoms with E-state index in [1.54, 1.807) is 23.9 Å². The zero-order valence-corrected chi connectivity index (χ0v) is 8.97. The minimum atomic E-state index is -0.887. The Hall–Kier alpha value is -1.22. The first-order valence-corrected chi connectivity index (χ1v) is 5.41. The van der Waals surface area contributed by atoms with Gasteiger partial charge in [0.15, 0.2) is 0 Å². The molecule has 14 heavy (non-hydrogen) atoms. The summed E-state index contributed by atoms with van der Waals surface area (Å²) in [6.45, 7) is 2.02. The van der Waals surface area contributed by atoms with Gasteiger partial charge in [-0.2, -0.15) is 0 Å². The van der Waals surface area contributed by atoms with Gasteiger partial charge in [0, 0.05) is 0 Å². The number of thioether (sulfide) groups is 1. The highest BCUT2D eigenvalue weighted by Crippen LogP contribution is 2.15.